The van der Waals surface area contributed by atoms with Crippen molar-refractivity contribution in [1.82, 2.24) is 5.32 Å². The second-order valence-corrected chi connectivity index (χ2v) is 5.06. The highest BCUT2D eigenvalue weighted by Gasteiger charge is 2.32. The van der Waals surface area contributed by atoms with E-state index in [9.17, 15) is 0 Å². The topological polar surface area (TPSA) is 15.3 Å². The first-order chi connectivity index (χ1) is 7.88. The Balaban J connectivity index is 1.72. The quantitative estimate of drug-likeness (QED) is 0.828. The first-order valence-electron chi connectivity index (χ1n) is 6.38. The van der Waals surface area contributed by atoms with Gasteiger partial charge in [0.05, 0.1) is 0 Å². The molecular weight excluding hydrogens is 196 g/mol. The van der Waals surface area contributed by atoms with Gasteiger partial charge in [0.25, 0.3) is 0 Å². The summed E-state index contributed by atoms with van der Waals surface area (Å²) in [5.41, 5.74) is 2.98. The molecule has 1 heterocycles. The number of nitrogens with one attached hydrogen (secondary N) is 1. The molecule has 2 heteroatoms. The maximum atomic E-state index is 3.48. The van der Waals surface area contributed by atoms with Gasteiger partial charge in [-0.2, -0.15) is 0 Å². The van der Waals surface area contributed by atoms with Crippen molar-refractivity contribution >= 4 is 5.69 Å². The zero-order valence-electron chi connectivity index (χ0n) is 9.95. The number of hydrogen-bond acceptors (Lipinski definition) is 2. The molecule has 0 bridgehead atoms. The van der Waals surface area contributed by atoms with Crippen molar-refractivity contribution in [1.29, 1.82) is 0 Å². The van der Waals surface area contributed by atoms with E-state index in [0.717, 1.165) is 5.92 Å². The summed E-state index contributed by atoms with van der Waals surface area (Å²) in [5, 5.41) is 3.48. The van der Waals surface area contributed by atoms with Gasteiger partial charge in [0, 0.05) is 24.8 Å². The number of hydrogen-bond donors (Lipinski definition) is 1. The first-order valence-corrected chi connectivity index (χ1v) is 6.38. The standard InChI is InChI=1S/C14H20N2/c1-15-13(11-6-7-11)10-16-9-8-12-4-2-3-5-14(12)16/h2-5,11,13,15H,6-10H2,1H3. The van der Waals surface area contributed by atoms with E-state index < -0.39 is 0 Å². The Bertz CT molecular complexity index is 371. The molecule has 1 aliphatic heterocycles. The van der Waals surface area contributed by atoms with Gasteiger partial charge in [-0.3, -0.25) is 0 Å². The zero-order valence-corrected chi connectivity index (χ0v) is 9.95. The smallest absolute Gasteiger partial charge is 0.0400 e. The van der Waals surface area contributed by atoms with E-state index in [2.05, 4.69) is 41.5 Å². The molecule has 2 nitrogen and oxygen atoms in total. The van der Waals surface area contributed by atoms with Crippen LogP contribution >= 0.6 is 0 Å². The molecule has 3 rings (SSSR count). The van der Waals surface area contributed by atoms with Crippen molar-refractivity contribution in [3.8, 4) is 0 Å². The fourth-order valence-electron chi connectivity index (χ4n) is 2.81. The van der Waals surface area contributed by atoms with E-state index in [1.807, 2.05) is 0 Å². The molecule has 2 aliphatic rings. The second-order valence-electron chi connectivity index (χ2n) is 5.06. The molecule has 0 spiro atoms. The molecule has 1 aromatic rings. The minimum absolute atomic E-state index is 0.686. The van der Waals surface area contributed by atoms with Crippen LogP contribution in [0.2, 0.25) is 0 Å². The summed E-state index contributed by atoms with van der Waals surface area (Å²) in [4.78, 5) is 2.55. The predicted octanol–water partition coefficient (Wildman–Crippen LogP) is 2.05. The van der Waals surface area contributed by atoms with Gasteiger partial charge in [-0.05, 0) is 43.9 Å². The normalized spacial score (nSPS) is 20.9. The van der Waals surface area contributed by atoms with Crippen LogP contribution in [-0.2, 0) is 6.42 Å². The monoisotopic (exact) mass is 216 g/mol. The van der Waals surface area contributed by atoms with E-state index in [4.69, 9.17) is 0 Å². The average molecular weight is 216 g/mol. The molecule has 1 unspecified atom stereocenters. The highest BCUT2D eigenvalue weighted by molar-refractivity contribution is 5.57. The van der Waals surface area contributed by atoms with Crippen molar-refractivity contribution in [2.75, 3.05) is 25.0 Å². The van der Waals surface area contributed by atoms with Crippen molar-refractivity contribution in [3.05, 3.63) is 29.8 Å². The number of rotatable bonds is 4. The maximum absolute atomic E-state index is 3.48. The van der Waals surface area contributed by atoms with Crippen LogP contribution in [-0.4, -0.2) is 26.2 Å². The van der Waals surface area contributed by atoms with Crippen LogP contribution in [0.5, 0.6) is 0 Å². The molecule has 0 saturated heterocycles. The van der Waals surface area contributed by atoms with Crippen molar-refractivity contribution in [3.63, 3.8) is 0 Å². The molecular formula is C14H20N2. The molecule has 1 aromatic carbocycles. The van der Waals surface area contributed by atoms with Gasteiger partial charge in [-0.15, -0.1) is 0 Å². The summed E-state index contributed by atoms with van der Waals surface area (Å²) < 4.78 is 0. The third kappa shape index (κ3) is 1.82. The minimum Gasteiger partial charge on any atom is -0.369 e. The van der Waals surface area contributed by atoms with E-state index >= 15 is 0 Å². The highest BCUT2D eigenvalue weighted by Crippen LogP contribution is 2.35. The number of para-hydroxylation sites is 1. The lowest BCUT2D eigenvalue weighted by Gasteiger charge is -2.25. The summed E-state index contributed by atoms with van der Waals surface area (Å²) >= 11 is 0. The van der Waals surface area contributed by atoms with E-state index in [-0.39, 0.29) is 0 Å². The second kappa shape index (κ2) is 4.10. The lowest BCUT2D eigenvalue weighted by atomic mass is 10.1. The number of anilines is 1. The molecule has 1 aliphatic carbocycles. The molecule has 0 aromatic heterocycles. The Hall–Kier alpha value is -1.02. The fourth-order valence-corrected chi connectivity index (χ4v) is 2.81. The summed E-state index contributed by atoms with van der Waals surface area (Å²) in [5.74, 6) is 0.928. The molecule has 1 fully saturated rings. The van der Waals surface area contributed by atoms with Crippen LogP contribution in [0, 0.1) is 5.92 Å². The molecule has 1 atom stereocenters. The van der Waals surface area contributed by atoms with Crippen molar-refractivity contribution < 1.29 is 0 Å². The van der Waals surface area contributed by atoms with E-state index in [1.54, 1.807) is 0 Å². The molecule has 16 heavy (non-hydrogen) atoms. The third-order valence-corrected chi connectivity index (χ3v) is 3.96. The molecule has 0 amide bonds. The molecule has 86 valence electrons. The van der Waals surface area contributed by atoms with Crippen LogP contribution in [0.1, 0.15) is 18.4 Å². The number of nitrogens with zero attached hydrogens (tertiary/aromatic N) is 1. The third-order valence-electron chi connectivity index (χ3n) is 3.96. The maximum Gasteiger partial charge on any atom is 0.0400 e. The molecule has 0 radical (unpaired) electrons. The van der Waals surface area contributed by atoms with Crippen LogP contribution in [0.3, 0.4) is 0 Å². The Morgan fingerprint density at radius 3 is 2.94 bits per heavy atom. The number of benzene rings is 1. The van der Waals surface area contributed by atoms with Crippen molar-refractivity contribution in [2.24, 2.45) is 5.92 Å². The first kappa shape index (κ1) is 10.2. The Kier molecular flexibility index (Phi) is 2.60. The van der Waals surface area contributed by atoms with Crippen molar-refractivity contribution in [2.45, 2.75) is 25.3 Å². The zero-order chi connectivity index (χ0) is 11.0. The van der Waals surface area contributed by atoms with Gasteiger partial charge in [0.2, 0.25) is 0 Å². The highest BCUT2D eigenvalue weighted by atomic mass is 15.2. The predicted molar refractivity (Wildman–Crippen MR) is 67.9 cm³/mol. The Morgan fingerprint density at radius 2 is 2.19 bits per heavy atom. The van der Waals surface area contributed by atoms with Crippen LogP contribution in [0.15, 0.2) is 24.3 Å². The summed E-state index contributed by atoms with van der Waals surface area (Å²) in [7, 11) is 2.10. The molecule has 1 saturated carbocycles. The van der Waals surface area contributed by atoms with Gasteiger partial charge in [-0.25, -0.2) is 0 Å². The van der Waals surface area contributed by atoms with Gasteiger partial charge >= 0.3 is 0 Å². The fraction of sp³-hybridized carbons (Fsp3) is 0.571. The lowest BCUT2D eigenvalue weighted by molar-refractivity contribution is 0.497. The average Bonchev–Trinajstić information content (AvgIpc) is 3.08. The Morgan fingerprint density at radius 1 is 1.38 bits per heavy atom. The number of fused-ring (bicyclic) bond motifs is 1. The van der Waals surface area contributed by atoms with Gasteiger partial charge in [0.15, 0.2) is 0 Å². The van der Waals surface area contributed by atoms with Gasteiger partial charge < -0.3 is 10.2 Å². The van der Waals surface area contributed by atoms with Gasteiger partial charge in [-0.1, -0.05) is 18.2 Å². The van der Waals surface area contributed by atoms with Crippen LogP contribution in [0.4, 0.5) is 5.69 Å². The number of likely N-dealkylation sites (N-methyl/N-ethyl adjacent to an activating group) is 1. The summed E-state index contributed by atoms with van der Waals surface area (Å²) in [6.07, 6.45) is 4.05. The van der Waals surface area contributed by atoms with E-state index in [1.165, 1.54) is 43.6 Å². The van der Waals surface area contributed by atoms with Gasteiger partial charge in [0.1, 0.15) is 0 Å². The van der Waals surface area contributed by atoms with Crippen LogP contribution < -0.4 is 10.2 Å². The largest absolute Gasteiger partial charge is 0.369 e. The SMILES string of the molecule is CNC(CN1CCc2ccccc21)C1CC1. The van der Waals surface area contributed by atoms with E-state index in [0.29, 0.717) is 6.04 Å². The van der Waals surface area contributed by atoms with Crippen LogP contribution in [0.25, 0.3) is 0 Å². The summed E-state index contributed by atoms with van der Waals surface area (Å²) in [6.45, 7) is 2.38. The Labute approximate surface area is 97.6 Å². The lowest BCUT2D eigenvalue weighted by Crippen LogP contribution is -2.40. The summed E-state index contributed by atoms with van der Waals surface area (Å²) in [6, 6.07) is 9.52. The minimum atomic E-state index is 0.686. The molecule has 1 N–H and O–H groups in total.